The van der Waals surface area contributed by atoms with E-state index in [4.69, 9.17) is 0 Å². The van der Waals surface area contributed by atoms with E-state index in [1.807, 2.05) is 12.1 Å². The monoisotopic (exact) mass is 273 g/mol. The molecule has 0 unspecified atom stereocenters. The standard InChI is InChI=1S/C17H17F2N/c18-15-6-3-5-12(8-15)14-9-16(10-14)20-11-13-4-1-2-7-17(13)19/h1-8,14,16,20H,9-11H2. The number of hydrogen-bond donors (Lipinski definition) is 1. The lowest BCUT2D eigenvalue weighted by atomic mass is 9.76. The summed E-state index contributed by atoms with van der Waals surface area (Å²) in [4.78, 5) is 0. The van der Waals surface area contributed by atoms with Crippen molar-refractivity contribution in [2.75, 3.05) is 0 Å². The highest BCUT2D eigenvalue weighted by atomic mass is 19.1. The molecule has 1 aliphatic rings. The maximum Gasteiger partial charge on any atom is 0.127 e. The van der Waals surface area contributed by atoms with Gasteiger partial charge in [-0.25, -0.2) is 8.78 Å². The first-order valence-corrected chi connectivity index (χ1v) is 6.94. The fourth-order valence-corrected chi connectivity index (χ4v) is 2.71. The second kappa shape index (κ2) is 5.71. The maximum absolute atomic E-state index is 13.5. The number of hydrogen-bond acceptors (Lipinski definition) is 1. The van der Waals surface area contributed by atoms with Crippen LogP contribution >= 0.6 is 0 Å². The minimum Gasteiger partial charge on any atom is -0.310 e. The molecule has 0 saturated heterocycles. The van der Waals surface area contributed by atoms with E-state index in [0.29, 0.717) is 24.1 Å². The molecule has 1 aliphatic carbocycles. The normalized spacial score (nSPS) is 21.5. The van der Waals surface area contributed by atoms with Gasteiger partial charge in [-0.1, -0.05) is 30.3 Å². The first-order chi connectivity index (χ1) is 9.72. The molecule has 3 rings (SSSR count). The van der Waals surface area contributed by atoms with Crippen LogP contribution in [0.4, 0.5) is 8.78 Å². The number of benzene rings is 2. The highest BCUT2D eigenvalue weighted by Crippen LogP contribution is 2.37. The molecule has 2 aromatic carbocycles. The van der Waals surface area contributed by atoms with E-state index in [2.05, 4.69) is 5.32 Å². The van der Waals surface area contributed by atoms with Crippen LogP contribution in [0.2, 0.25) is 0 Å². The van der Waals surface area contributed by atoms with Crippen LogP contribution in [0.25, 0.3) is 0 Å². The van der Waals surface area contributed by atoms with Gasteiger partial charge in [0.1, 0.15) is 11.6 Å². The van der Waals surface area contributed by atoms with Crippen molar-refractivity contribution in [3.05, 3.63) is 71.3 Å². The van der Waals surface area contributed by atoms with Gasteiger partial charge in [0.2, 0.25) is 0 Å². The fourth-order valence-electron chi connectivity index (χ4n) is 2.71. The Bertz CT molecular complexity index is 591. The molecule has 2 aromatic rings. The highest BCUT2D eigenvalue weighted by Gasteiger charge is 2.30. The molecule has 0 aromatic heterocycles. The first-order valence-electron chi connectivity index (χ1n) is 6.94. The summed E-state index contributed by atoms with van der Waals surface area (Å²) < 4.78 is 26.6. The predicted octanol–water partition coefficient (Wildman–Crippen LogP) is 4.00. The lowest BCUT2D eigenvalue weighted by Crippen LogP contribution is -2.39. The van der Waals surface area contributed by atoms with Gasteiger partial charge in [-0.15, -0.1) is 0 Å². The molecule has 0 spiro atoms. The highest BCUT2D eigenvalue weighted by molar-refractivity contribution is 5.24. The molecule has 104 valence electrons. The maximum atomic E-state index is 13.5. The Kier molecular flexibility index (Phi) is 3.79. The van der Waals surface area contributed by atoms with E-state index in [0.717, 1.165) is 18.4 Å². The first kappa shape index (κ1) is 13.3. The summed E-state index contributed by atoms with van der Waals surface area (Å²) in [6, 6.07) is 14.0. The van der Waals surface area contributed by atoms with E-state index in [1.54, 1.807) is 24.3 Å². The molecule has 0 bridgehead atoms. The van der Waals surface area contributed by atoms with Crippen molar-refractivity contribution < 1.29 is 8.78 Å². The Balaban J connectivity index is 1.50. The summed E-state index contributed by atoms with van der Waals surface area (Å²) in [6.07, 6.45) is 1.97. The Morgan fingerprint density at radius 3 is 2.55 bits per heavy atom. The van der Waals surface area contributed by atoms with Crippen LogP contribution in [-0.4, -0.2) is 6.04 Å². The smallest absolute Gasteiger partial charge is 0.127 e. The zero-order chi connectivity index (χ0) is 13.9. The van der Waals surface area contributed by atoms with Gasteiger partial charge in [-0.3, -0.25) is 0 Å². The molecule has 0 amide bonds. The summed E-state index contributed by atoms with van der Waals surface area (Å²) in [5.41, 5.74) is 1.76. The van der Waals surface area contributed by atoms with Crippen molar-refractivity contribution >= 4 is 0 Å². The molecule has 20 heavy (non-hydrogen) atoms. The lowest BCUT2D eigenvalue weighted by molar-refractivity contribution is 0.288. The summed E-state index contributed by atoms with van der Waals surface area (Å²) >= 11 is 0. The van der Waals surface area contributed by atoms with Crippen LogP contribution in [0.1, 0.15) is 29.9 Å². The Morgan fingerprint density at radius 2 is 1.80 bits per heavy atom. The van der Waals surface area contributed by atoms with E-state index >= 15 is 0 Å². The van der Waals surface area contributed by atoms with Gasteiger partial charge in [-0.2, -0.15) is 0 Å². The molecule has 1 saturated carbocycles. The average Bonchev–Trinajstić information content (AvgIpc) is 2.39. The SMILES string of the molecule is Fc1cccc(C2CC(NCc3ccccc3F)C2)c1. The summed E-state index contributed by atoms with van der Waals surface area (Å²) in [7, 11) is 0. The molecule has 3 heteroatoms. The van der Waals surface area contributed by atoms with Crippen LogP contribution in [-0.2, 0) is 6.54 Å². The van der Waals surface area contributed by atoms with Crippen LogP contribution < -0.4 is 5.32 Å². The van der Waals surface area contributed by atoms with Gasteiger partial charge in [0, 0.05) is 18.2 Å². The van der Waals surface area contributed by atoms with Crippen molar-refractivity contribution in [2.24, 2.45) is 0 Å². The van der Waals surface area contributed by atoms with Gasteiger partial charge in [0.05, 0.1) is 0 Å². The van der Waals surface area contributed by atoms with Gasteiger partial charge in [0.25, 0.3) is 0 Å². The van der Waals surface area contributed by atoms with E-state index in [-0.39, 0.29) is 11.6 Å². The van der Waals surface area contributed by atoms with E-state index < -0.39 is 0 Å². The van der Waals surface area contributed by atoms with Crippen LogP contribution in [0.5, 0.6) is 0 Å². The molecule has 0 heterocycles. The molecule has 1 N–H and O–H groups in total. The van der Waals surface area contributed by atoms with E-state index in [1.165, 1.54) is 12.1 Å². The van der Waals surface area contributed by atoms with Gasteiger partial charge in [0.15, 0.2) is 0 Å². The average molecular weight is 273 g/mol. The van der Waals surface area contributed by atoms with Gasteiger partial charge >= 0.3 is 0 Å². The number of rotatable bonds is 4. The minimum atomic E-state index is -0.176. The predicted molar refractivity (Wildman–Crippen MR) is 75.4 cm³/mol. The van der Waals surface area contributed by atoms with Crippen LogP contribution in [0.15, 0.2) is 48.5 Å². The topological polar surface area (TPSA) is 12.0 Å². The van der Waals surface area contributed by atoms with Crippen molar-refractivity contribution in [2.45, 2.75) is 31.3 Å². The molecule has 0 aliphatic heterocycles. The fraction of sp³-hybridized carbons (Fsp3) is 0.294. The van der Waals surface area contributed by atoms with Crippen LogP contribution in [0, 0.1) is 11.6 Å². The van der Waals surface area contributed by atoms with E-state index in [9.17, 15) is 8.78 Å². The third kappa shape index (κ3) is 2.88. The quantitative estimate of drug-likeness (QED) is 0.887. The zero-order valence-corrected chi connectivity index (χ0v) is 11.2. The summed E-state index contributed by atoms with van der Waals surface area (Å²) in [5.74, 6) is 0.0788. The second-order valence-electron chi connectivity index (χ2n) is 5.39. The second-order valence-corrected chi connectivity index (χ2v) is 5.39. The molecular formula is C17H17F2N. The molecule has 0 atom stereocenters. The number of halogens is 2. The summed E-state index contributed by atoms with van der Waals surface area (Å²) in [6.45, 7) is 0.549. The van der Waals surface area contributed by atoms with Crippen molar-refractivity contribution in [3.63, 3.8) is 0 Å². The van der Waals surface area contributed by atoms with Crippen molar-refractivity contribution in [3.8, 4) is 0 Å². The molecule has 1 nitrogen and oxygen atoms in total. The number of nitrogens with one attached hydrogen (secondary N) is 1. The minimum absolute atomic E-state index is 0.166. The Hall–Kier alpha value is -1.74. The Morgan fingerprint density at radius 1 is 1.00 bits per heavy atom. The third-order valence-corrected chi connectivity index (χ3v) is 4.00. The van der Waals surface area contributed by atoms with Gasteiger partial charge < -0.3 is 5.32 Å². The largest absolute Gasteiger partial charge is 0.310 e. The Labute approximate surface area is 117 Å². The molecule has 1 fully saturated rings. The molecular weight excluding hydrogens is 256 g/mol. The van der Waals surface area contributed by atoms with Crippen LogP contribution in [0.3, 0.4) is 0 Å². The molecule has 0 radical (unpaired) electrons. The van der Waals surface area contributed by atoms with Gasteiger partial charge in [-0.05, 0) is 42.5 Å². The third-order valence-electron chi connectivity index (χ3n) is 4.00. The summed E-state index contributed by atoms with van der Waals surface area (Å²) in [5, 5.41) is 3.36. The zero-order valence-electron chi connectivity index (χ0n) is 11.2. The van der Waals surface area contributed by atoms with Crippen molar-refractivity contribution in [1.82, 2.24) is 5.32 Å². The van der Waals surface area contributed by atoms with Crippen molar-refractivity contribution in [1.29, 1.82) is 0 Å². The lowest BCUT2D eigenvalue weighted by Gasteiger charge is -2.36.